The first-order chi connectivity index (χ1) is 9.09. The summed E-state index contributed by atoms with van der Waals surface area (Å²) < 4.78 is 5.52. The maximum absolute atomic E-state index is 11.7. The second-order valence-electron chi connectivity index (χ2n) is 5.58. The van der Waals surface area contributed by atoms with Crippen molar-refractivity contribution in [2.75, 3.05) is 25.2 Å². The predicted molar refractivity (Wildman–Crippen MR) is 72.7 cm³/mol. The normalized spacial score (nSPS) is 29.6. The molecule has 3 atom stereocenters. The average Bonchev–Trinajstić information content (AvgIpc) is 2.39. The SMILES string of the molecule is Cc1ccc2c(c1)N(C)C1CCOCC1C2C(=O)O. The summed E-state index contributed by atoms with van der Waals surface area (Å²) in [7, 11) is 2.07. The maximum atomic E-state index is 11.7. The van der Waals surface area contributed by atoms with Gasteiger partial charge in [-0.15, -0.1) is 0 Å². The molecular formula is C15H19NO3. The lowest BCUT2D eigenvalue weighted by Crippen LogP contribution is -2.51. The van der Waals surface area contributed by atoms with Gasteiger partial charge in [0.15, 0.2) is 0 Å². The number of aliphatic carboxylic acids is 1. The van der Waals surface area contributed by atoms with Crippen molar-refractivity contribution in [2.45, 2.75) is 25.3 Å². The second kappa shape index (κ2) is 4.53. The summed E-state index contributed by atoms with van der Waals surface area (Å²) in [6.45, 7) is 3.30. The predicted octanol–water partition coefficient (Wildman–Crippen LogP) is 2.02. The van der Waals surface area contributed by atoms with E-state index in [0.29, 0.717) is 6.61 Å². The monoisotopic (exact) mass is 261 g/mol. The summed E-state index contributed by atoms with van der Waals surface area (Å²) in [5, 5.41) is 9.61. The first-order valence-electron chi connectivity index (χ1n) is 6.73. The Labute approximate surface area is 113 Å². The Morgan fingerprint density at radius 2 is 2.26 bits per heavy atom. The molecule has 2 aliphatic rings. The molecule has 3 rings (SSSR count). The van der Waals surface area contributed by atoms with Crippen LogP contribution in [0, 0.1) is 12.8 Å². The molecular weight excluding hydrogens is 242 g/mol. The molecule has 1 aromatic rings. The highest BCUT2D eigenvalue weighted by atomic mass is 16.5. The molecule has 3 unspecified atom stereocenters. The molecule has 0 aromatic heterocycles. The minimum Gasteiger partial charge on any atom is -0.481 e. The molecule has 0 saturated carbocycles. The highest BCUT2D eigenvalue weighted by Crippen LogP contribution is 2.44. The van der Waals surface area contributed by atoms with Crippen molar-refractivity contribution in [2.24, 2.45) is 5.92 Å². The third-order valence-corrected chi connectivity index (χ3v) is 4.46. The van der Waals surface area contributed by atoms with Crippen LogP contribution in [0.15, 0.2) is 18.2 Å². The minimum absolute atomic E-state index is 0.0476. The third-order valence-electron chi connectivity index (χ3n) is 4.46. The Balaban J connectivity index is 2.13. The number of ether oxygens (including phenoxy) is 1. The summed E-state index contributed by atoms with van der Waals surface area (Å²) >= 11 is 0. The van der Waals surface area contributed by atoms with Gasteiger partial charge in [-0.3, -0.25) is 4.79 Å². The van der Waals surface area contributed by atoms with Gasteiger partial charge in [0, 0.05) is 31.3 Å². The molecule has 1 N–H and O–H groups in total. The molecule has 2 aliphatic heterocycles. The molecule has 0 amide bonds. The molecule has 0 bridgehead atoms. The smallest absolute Gasteiger partial charge is 0.311 e. The number of aryl methyl sites for hydroxylation is 1. The molecule has 19 heavy (non-hydrogen) atoms. The van der Waals surface area contributed by atoms with Crippen LogP contribution in [-0.4, -0.2) is 37.4 Å². The van der Waals surface area contributed by atoms with Gasteiger partial charge in [0.2, 0.25) is 0 Å². The Morgan fingerprint density at radius 1 is 1.47 bits per heavy atom. The van der Waals surface area contributed by atoms with Crippen molar-refractivity contribution in [3.05, 3.63) is 29.3 Å². The molecule has 1 fully saturated rings. The number of carbonyl (C=O) groups is 1. The number of hydrogen-bond donors (Lipinski definition) is 1. The number of carboxylic acid groups (broad SMARTS) is 1. The maximum Gasteiger partial charge on any atom is 0.311 e. The molecule has 4 nitrogen and oxygen atoms in total. The molecule has 0 radical (unpaired) electrons. The van der Waals surface area contributed by atoms with Gasteiger partial charge < -0.3 is 14.7 Å². The van der Waals surface area contributed by atoms with Gasteiger partial charge in [0.25, 0.3) is 0 Å². The van der Waals surface area contributed by atoms with Gasteiger partial charge in [-0.25, -0.2) is 0 Å². The Kier molecular flexibility index (Phi) is 2.97. The fourth-order valence-corrected chi connectivity index (χ4v) is 3.50. The zero-order valence-electron chi connectivity index (χ0n) is 11.3. The number of anilines is 1. The zero-order valence-corrected chi connectivity index (χ0v) is 11.3. The van der Waals surface area contributed by atoms with Crippen LogP contribution in [0.4, 0.5) is 5.69 Å². The van der Waals surface area contributed by atoms with Crippen LogP contribution in [0.1, 0.15) is 23.5 Å². The number of benzene rings is 1. The van der Waals surface area contributed by atoms with Gasteiger partial charge in [-0.05, 0) is 30.5 Å². The van der Waals surface area contributed by atoms with E-state index in [9.17, 15) is 9.90 Å². The lowest BCUT2D eigenvalue weighted by molar-refractivity contribution is -0.142. The quantitative estimate of drug-likeness (QED) is 0.840. The molecule has 0 spiro atoms. The Morgan fingerprint density at radius 3 is 3.00 bits per heavy atom. The van der Waals surface area contributed by atoms with Crippen molar-refractivity contribution in [1.29, 1.82) is 0 Å². The Hall–Kier alpha value is -1.55. The third kappa shape index (κ3) is 1.91. The van der Waals surface area contributed by atoms with E-state index in [1.165, 1.54) is 5.56 Å². The van der Waals surface area contributed by atoms with Crippen molar-refractivity contribution < 1.29 is 14.6 Å². The van der Waals surface area contributed by atoms with Crippen LogP contribution in [0.3, 0.4) is 0 Å². The van der Waals surface area contributed by atoms with Crippen LogP contribution in [0.2, 0.25) is 0 Å². The molecule has 1 saturated heterocycles. The zero-order chi connectivity index (χ0) is 13.6. The largest absolute Gasteiger partial charge is 0.481 e. The van der Waals surface area contributed by atoms with Gasteiger partial charge in [-0.2, -0.15) is 0 Å². The standard InChI is InChI=1S/C15H19NO3/c1-9-3-4-10-13(7-9)16(2)12-5-6-19-8-11(12)14(10)15(17)18/h3-4,7,11-12,14H,5-6,8H2,1-2H3,(H,17,18). The van der Waals surface area contributed by atoms with E-state index in [1.807, 2.05) is 19.1 Å². The van der Waals surface area contributed by atoms with Gasteiger partial charge in [0.05, 0.1) is 12.5 Å². The lowest BCUT2D eigenvalue weighted by Gasteiger charge is -2.47. The van der Waals surface area contributed by atoms with Gasteiger partial charge >= 0.3 is 5.97 Å². The number of hydrogen-bond acceptors (Lipinski definition) is 3. The summed E-state index contributed by atoms with van der Waals surface area (Å²) in [5.41, 5.74) is 3.16. The number of rotatable bonds is 1. The average molecular weight is 261 g/mol. The summed E-state index contributed by atoms with van der Waals surface area (Å²) in [6, 6.07) is 6.32. The number of fused-ring (bicyclic) bond motifs is 2. The van der Waals surface area contributed by atoms with E-state index in [2.05, 4.69) is 18.0 Å². The first kappa shape index (κ1) is 12.5. The Bertz CT molecular complexity index is 514. The fraction of sp³-hybridized carbons (Fsp3) is 0.533. The highest BCUT2D eigenvalue weighted by Gasteiger charge is 2.44. The molecule has 1 aromatic carbocycles. The molecule has 4 heteroatoms. The molecule has 0 aliphatic carbocycles. The van der Waals surface area contributed by atoms with E-state index in [-0.39, 0.29) is 12.0 Å². The first-order valence-corrected chi connectivity index (χ1v) is 6.73. The van der Waals surface area contributed by atoms with Crippen molar-refractivity contribution >= 4 is 11.7 Å². The highest BCUT2D eigenvalue weighted by molar-refractivity contribution is 5.81. The summed E-state index contributed by atoms with van der Waals surface area (Å²) in [4.78, 5) is 13.9. The lowest BCUT2D eigenvalue weighted by atomic mass is 9.75. The van der Waals surface area contributed by atoms with Gasteiger partial charge in [0.1, 0.15) is 0 Å². The van der Waals surface area contributed by atoms with Crippen molar-refractivity contribution in [1.82, 2.24) is 0 Å². The van der Waals surface area contributed by atoms with Crippen LogP contribution in [0.5, 0.6) is 0 Å². The minimum atomic E-state index is -0.737. The van der Waals surface area contributed by atoms with Crippen LogP contribution in [0.25, 0.3) is 0 Å². The van der Waals surface area contributed by atoms with E-state index in [0.717, 1.165) is 24.3 Å². The molecule has 102 valence electrons. The van der Waals surface area contributed by atoms with Crippen molar-refractivity contribution in [3.63, 3.8) is 0 Å². The summed E-state index contributed by atoms with van der Waals surface area (Å²) in [5.74, 6) is -1.14. The van der Waals surface area contributed by atoms with E-state index < -0.39 is 11.9 Å². The second-order valence-corrected chi connectivity index (χ2v) is 5.58. The van der Waals surface area contributed by atoms with E-state index in [4.69, 9.17) is 4.74 Å². The topological polar surface area (TPSA) is 49.8 Å². The fourth-order valence-electron chi connectivity index (χ4n) is 3.50. The van der Waals surface area contributed by atoms with Crippen molar-refractivity contribution in [3.8, 4) is 0 Å². The number of carboxylic acids is 1. The van der Waals surface area contributed by atoms with Crippen LogP contribution >= 0.6 is 0 Å². The van der Waals surface area contributed by atoms with Crippen LogP contribution < -0.4 is 4.90 Å². The van der Waals surface area contributed by atoms with E-state index in [1.54, 1.807) is 0 Å². The number of nitrogens with zero attached hydrogens (tertiary/aromatic N) is 1. The van der Waals surface area contributed by atoms with E-state index >= 15 is 0 Å². The summed E-state index contributed by atoms with van der Waals surface area (Å²) in [6.07, 6.45) is 0.901. The van der Waals surface area contributed by atoms with Gasteiger partial charge in [-0.1, -0.05) is 12.1 Å². The molecule has 2 heterocycles. The van der Waals surface area contributed by atoms with Crippen LogP contribution in [-0.2, 0) is 9.53 Å².